The molecule has 1 N–H and O–H groups in total. The largest absolute Gasteiger partial charge is 0.511 e. The summed E-state index contributed by atoms with van der Waals surface area (Å²) < 4.78 is 0. The molecule has 0 unspecified atom stereocenters. The van der Waals surface area contributed by atoms with Crippen LogP contribution >= 0.6 is 0 Å². The lowest BCUT2D eigenvalue weighted by Gasteiger charge is -2.47. The summed E-state index contributed by atoms with van der Waals surface area (Å²) in [6.07, 6.45) is 7.93. The SMILES string of the molecule is C/C=C(\C)[C@H]1C(C)=C[C@@H]2CCC[C@H](C)[C@H]2[C@@H]1/C(O)=C1\C(=O)[C@@H](C(C)C)N(C)C1=O. The zero-order valence-corrected chi connectivity index (χ0v) is 19.0. The number of fused-ring (bicyclic) bond motifs is 1. The molecule has 160 valence electrons. The molecule has 0 radical (unpaired) electrons. The van der Waals surface area contributed by atoms with Crippen LogP contribution in [0.2, 0.25) is 0 Å². The zero-order chi connectivity index (χ0) is 21.6. The second-order valence-corrected chi connectivity index (χ2v) is 9.83. The average molecular weight is 400 g/mol. The van der Waals surface area contributed by atoms with E-state index in [0.717, 1.165) is 12.8 Å². The molecule has 0 aromatic heterocycles. The van der Waals surface area contributed by atoms with Crippen LogP contribution in [-0.4, -0.2) is 34.8 Å². The highest BCUT2D eigenvalue weighted by molar-refractivity contribution is 6.26. The number of Topliss-reactive ketones (excluding diaryl/α,β-unsaturated/α-hetero) is 1. The van der Waals surface area contributed by atoms with Crippen molar-refractivity contribution in [2.45, 2.75) is 66.8 Å². The van der Waals surface area contributed by atoms with Gasteiger partial charge in [0.15, 0.2) is 5.78 Å². The van der Waals surface area contributed by atoms with Crippen LogP contribution < -0.4 is 0 Å². The van der Waals surface area contributed by atoms with E-state index in [0.29, 0.717) is 11.8 Å². The second kappa shape index (κ2) is 8.12. The lowest BCUT2D eigenvalue weighted by molar-refractivity contribution is -0.126. The number of hydrogen-bond donors (Lipinski definition) is 1. The molecule has 6 atom stereocenters. The number of rotatable bonds is 3. The van der Waals surface area contributed by atoms with Crippen LogP contribution in [0.5, 0.6) is 0 Å². The van der Waals surface area contributed by atoms with Crippen LogP contribution in [0.1, 0.15) is 60.8 Å². The van der Waals surface area contributed by atoms with E-state index in [-0.39, 0.29) is 46.7 Å². The minimum absolute atomic E-state index is 0.0177. The Morgan fingerprint density at radius 1 is 1.28 bits per heavy atom. The zero-order valence-electron chi connectivity index (χ0n) is 19.0. The van der Waals surface area contributed by atoms with Gasteiger partial charge in [-0.15, -0.1) is 0 Å². The van der Waals surface area contributed by atoms with Crippen molar-refractivity contribution in [3.05, 3.63) is 34.6 Å². The van der Waals surface area contributed by atoms with Crippen molar-refractivity contribution in [1.82, 2.24) is 4.90 Å². The van der Waals surface area contributed by atoms with E-state index in [4.69, 9.17) is 0 Å². The predicted molar refractivity (Wildman–Crippen MR) is 116 cm³/mol. The van der Waals surface area contributed by atoms with Crippen molar-refractivity contribution in [3.8, 4) is 0 Å². The first-order chi connectivity index (χ1) is 13.6. The Kier molecular flexibility index (Phi) is 6.12. The first-order valence-corrected chi connectivity index (χ1v) is 11.2. The minimum Gasteiger partial charge on any atom is -0.511 e. The first-order valence-electron chi connectivity index (χ1n) is 11.2. The quantitative estimate of drug-likeness (QED) is 0.312. The fourth-order valence-electron chi connectivity index (χ4n) is 6.29. The number of aliphatic hydroxyl groups is 1. The van der Waals surface area contributed by atoms with Gasteiger partial charge in [-0.2, -0.15) is 0 Å². The molecule has 4 heteroatoms. The topological polar surface area (TPSA) is 57.6 Å². The molecule has 2 fully saturated rings. The van der Waals surface area contributed by atoms with Crippen molar-refractivity contribution >= 4 is 11.7 Å². The first kappa shape index (κ1) is 21.9. The molecule has 0 spiro atoms. The standard InChI is InChI=1S/C25H37NO3/c1-8-14(4)18-16(6)12-17-11-9-10-15(5)19(17)20(18)23(27)21-24(28)22(13(2)3)26(7)25(21)29/h8,12-13,15,17-20,22,27H,9-11H2,1-7H3/b14-8+,23-21-/t15-,17-,18-,19+,20+,22+/m0/s1. The van der Waals surface area contributed by atoms with E-state index in [1.54, 1.807) is 7.05 Å². The van der Waals surface area contributed by atoms with Crippen molar-refractivity contribution in [3.63, 3.8) is 0 Å². The van der Waals surface area contributed by atoms with Gasteiger partial charge in [0.1, 0.15) is 11.3 Å². The van der Waals surface area contributed by atoms with Crippen LogP contribution in [-0.2, 0) is 9.59 Å². The summed E-state index contributed by atoms with van der Waals surface area (Å²) in [7, 11) is 1.68. The lowest BCUT2D eigenvalue weighted by Crippen LogP contribution is -2.42. The number of aliphatic hydroxyl groups excluding tert-OH is 1. The van der Waals surface area contributed by atoms with Crippen molar-refractivity contribution in [2.24, 2.45) is 35.5 Å². The summed E-state index contributed by atoms with van der Waals surface area (Å²) in [6.45, 7) is 12.4. The van der Waals surface area contributed by atoms with E-state index >= 15 is 0 Å². The van der Waals surface area contributed by atoms with Gasteiger partial charge in [0.05, 0.1) is 6.04 Å². The summed E-state index contributed by atoms with van der Waals surface area (Å²) in [5.41, 5.74) is 2.48. The van der Waals surface area contributed by atoms with Crippen LogP contribution in [0.3, 0.4) is 0 Å². The lowest BCUT2D eigenvalue weighted by atomic mass is 9.57. The number of ketones is 1. The fraction of sp³-hybridized carbons (Fsp3) is 0.680. The van der Waals surface area contributed by atoms with Gasteiger partial charge in [0.2, 0.25) is 0 Å². The molecule has 29 heavy (non-hydrogen) atoms. The van der Waals surface area contributed by atoms with Crippen molar-refractivity contribution in [2.75, 3.05) is 7.05 Å². The molecule has 1 saturated heterocycles. The highest BCUT2D eigenvalue weighted by Crippen LogP contribution is 2.52. The van der Waals surface area contributed by atoms with E-state index in [1.165, 1.54) is 22.5 Å². The number of likely N-dealkylation sites (N-methyl/N-ethyl adjacent to an activating group) is 1. The molecule has 0 aromatic carbocycles. The summed E-state index contributed by atoms with van der Waals surface area (Å²) in [6, 6.07) is -0.485. The van der Waals surface area contributed by atoms with Gasteiger partial charge in [-0.05, 0) is 50.9 Å². The average Bonchev–Trinajstić information content (AvgIpc) is 2.88. The summed E-state index contributed by atoms with van der Waals surface area (Å²) >= 11 is 0. The summed E-state index contributed by atoms with van der Waals surface area (Å²) in [4.78, 5) is 27.8. The molecule has 0 bridgehead atoms. The molecule has 3 rings (SSSR count). The molecule has 1 amide bonds. The van der Waals surface area contributed by atoms with Crippen molar-refractivity contribution in [1.29, 1.82) is 0 Å². The number of hydrogen-bond acceptors (Lipinski definition) is 3. The third-order valence-electron chi connectivity index (χ3n) is 7.71. The summed E-state index contributed by atoms with van der Waals surface area (Å²) in [5, 5.41) is 11.6. The van der Waals surface area contributed by atoms with Crippen LogP contribution in [0.4, 0.5) is 0 Å². The predicted octanol–water partition coefficient (Wildman–Crippen LogP) is 5.08. The molecule has 1 aliphatic heterocycles. The molecule has 1 heterocycles. The van der Waals surface area contributed by atoms with E-state index in [9.17, 15) is 14.7 Å². The van der Waals surface area contributed by atoms with Gasteiger partial charge in [0, 0.05) is 18.9 Å². The Morgan fingerprint density at radius 3 is 2.48 bits per heavy atom. The van der Waals surface area contributed by atoms with Gasteiger partial charge in [0.25, 0.3) is 5.91 Å². The number of carbonyl (C=O) groups is 2. The van der Waals surface area contributed by atoms with Gasteiger partial charge < -0.3 is 10.0 Å². The summed E-state index contributed by atoms with van der Waals surface area (Å²) in [5.74, 6) is 0.452. The van der Waals surface area contributed by atoms with E-state index in [1.807, 2.05) is 20.8 Å². The molecular weight excluding hydrogens is 362 g/mol. The van der Waals surface area contributed by atoms with Crippen molar-refractivity contribution < 1.29 is 14.7 Å². The maximum absolute atomic E-state index is 13.2. The normalized spacial score (nSPS) is 37.7. The number of allylic oxidation sites excluding steroid dienone is 5. The Hall–Kier alpha value is -1.84. The Bertz CT molecular complexity index is 788. The Labute approximate surface area is 175 Å². The number of nitrogens with zero attached hydrogens (tertiary/aromatic N) is 1. The smallest absolute Gasteiger partial charge is 0.261 e. The van der Waals surface area contributed by atoms with Gasteiger partial charge in [-0.3, -0.25) is 9.59 Å². The molecule has 2 aliphatic carbocycles. The second-order valence-electron chi connectivity index (χ2n) is 9.83. The maximum Gasteiger partial charge on any atom is 0.261 e. The Balaban J connectivity index is 2.18. The molecular formula is C25H37NO3. The maximum atomic E-state index is 13.2. The number of carbonyl (C=O) groups excluding carboxylic acids is 2. The third kappa shape index (κ3) is 3.49. The van der Waals surface area contributed by atoms with Gasteiger partial charge >= 0.3 is 0 Å². The number of amides is 1. The monoisotopic (exact) mass is 399 g/mol. The molecule has 3 aliphatic rings. The van der Waals surface area contributed by atoms with Crippen LogP contribution in [0.15, 0.2) is 34.6 Å². The minimum atomic E-state index is -0.485. The fourth-order valence-corrected chi connectivity index (χ4v) is 6.29. The third-order valence-corrected chi connectivity index (χ3v) is 7.71. The van der Waals surface area contributed by atoms with Gasteiger partial charge in [-0.1, -0.05) is 56.9 Å². The highest BCUT2D eigenvalue weighted by Gasteiger charge is 2.50. The van der Waals surface area contributed by atoms with E-state index in [2.05, 4.69) is 32.9 Å². The number of likely N-dealkylation sites (tertiary alicyclic amines) is 1. The Morgan fingerprint density at radius 2 is 1.93 bits per heavy atom. The van der Waals surface area contributed by atoms with Crippen LogP contribution in [0.25, 0.3) is 0 Å². The van der Waals surface area contributed by atoms with E-state index < -0.39 is 6.04 Å². The molecule has 0 aromatic rings. The van der Waals surface area contributed by atoms with Crippen LogP contribution in [0, 0.1) is 35.5 Å². The molecule has 4 nitrogen and oxygen atoms in total. The highest BCUT2D eigenvalue weighted by atomic mass is 16.3. The van der Waals surface area contributed by atoms with Gasteiger partial charge in [-0.25, -0.2) is 0 Å². The molecule has 1 saturated carbocycles.